The van der Waals surface area contributed by atoms with Crippen molar-refractivity contribution in [3.8, 4) is 5.75 Å². The number of ether oxygens (including phenoxy) is 1. The highest BCUT2D eigenvalue weighted by Gasteiger charge is 2.40. The Bertz CT molecular complexity index is 952. The molecule has 1 aromatic carbocycles. The largest absolute Gasteiger partial charge is 0.433 e. The number of hydrogen-bond donors (Lipinski definition) is 3. The highest BCUT2D eigenvalue weighted by atomic mass is 35.5. The van der Waals surface area contributed by atoms with E-state index in [-0.39, 0.29) is 22.4 Å². The van der Waals surface area contributed by atoms with Crippen LogP contribution in [0, 0.1) is 0 Å². The number of benzene rings is 1. The summed E-state index contributed by atoms with van der Waals surface area (Å²) in [6.07, 6.45) is -1.47. The minimum absolute atomic E-state index is 0.0528. The Morgan fingerprint density at radius 1 is 1.19 bits per heavy atom. The van der Waals surface area contributed by atoms with Crippen molar-refractivity contribution in [3.63, 3.8) is 0 Å². The number of fused-ring (bicyclic) bond motifs is 1. The summed E-state index contributed by atoms with van der Waals surface area (Å²) in [5, 5.41) is 14.6. The number of hydrogen-bond acceptors (Lipinski definition) is 5. The molecule has 0 radical (unpaired) electrons. The molecule has 32 heavy (non-hydrogen) atoms. The number of pyridine rings is 1. The smallest absolute Gasteiger partial charge is 0.406 e. The molecule has 6 nitrogen and oxygen atoms in total. The number of alkyl halides is 5. The van der Waals surface area contributed by atoms with Crippen LogP contribution < -0.4 is 15.4 Å². The fourth-order valence-electron chi connectivity index (χ4n) is 3.65. The van der Waals surface area contributed by atoms with E-state index in [1.165, 1.54) is 24.4 Å². The Hall–Kier alpha value is -2.24. The Balaban J connectivity index is 1.59. The molecule has 12 heteroatoms. The van der Waals surface area contributed by atoms with Crippen molar-refractivity contribution >= 4 is 28.4 Å². The van der Waals surface area contributed by atoms with Gasteiger partial charge >= 0.3 is 12.8 Å². The molecular formula is C20H21ClF5N3O3. The summed E-state index contributed by atoms with van der Waals surface area (Å²) in [7, 11) is 0. The number of nitrogens with one attached hydrogen (secondary N) is 2. The Kier molecular flexibility index (Phi) is 7.73. The van der Waals surface area contributed by atoms with Crippen LogP contribution in [0.4, 0.5) is 22.0 Å². The maximum atomic E-state index is 12.8. The van der Waals surface area contributed by atoms with Crippen LogP contribution in [0.5, 0.6) is 5.75 Å². The standard InChI is InChI=1S/C20H21ClF5N3O3/c21-14-6-10-5-11(8-27-15(10)7-16(14)32-19(22)23)18(31)29-13-3-1-12(2-4-13)28-17(9-30)20(24,25)26/h5-8,12-13,17,19,28,30H,1-4,9H2,(H,29,31)/t12-,13-,17?. The predicted molar refractivity (Wildman–Crippen MR) is 107 cm³/mol. The van der Waals surface area contributed by atoms with E-state index in [2.05, 4.69) is 20.4 Å². The maximum Gasteiger partial charge on any atom is 0.406 e. The summed E-state index contributed by atoms with van der Waals surface area (Å²) in [4.78, 5) is 16.7. The van der Waals surface area contributed by atoms with Crippen LogP contribution in [0.15, 0.2) is 24.4 Å². The molecule has 1 aromatic heterocycles. The number of halogens is 6. The maximum absolute atomic E-state index is 12.8. The molecule has 1 aliphatic rings. The molecule has 0 spiro atoms. The van der Waals surface area contributed by atoms with Crippen LogP contribution in [-0.2, 0) is 0 Å². The molecule has 1 heterocycles. The van der Waals surface area contributed by atoms with Gasteiger partial charge in [0.2, 0.25) is 0 Å². The zero-order valence-corrected chi connectivity index (χ0v) is 17.4. The third kappa shape index (κ3) is 6.17. The van der Waals surface area contributed by atoms with Gasteiger partial charge in [-0.25, -0.2) is 0 Å². The van der Waals surface area contributed by atoms with E-state index < -0.39 is 37.4 Å². The lowest BCUT2D eigenvalue weighted by atomic mass is 9.90. The second-order valence-electron chi connectivity index (χ2n) is 7.54. The van der Waals surface area contributed by atoms with Crippen LogP contribution in [0.25, 0.3) is 10.9 Å². The quantitative estimate of drug-likeness (QED) is 0.520. The number of carbonyl (C=O) groups excluding carboxylic acids is 1. The molecule has 1 fully saturated rings. The van der Waals surface area contributed by atoms with Crippen LogP contribution in [0.3, 0.4) is 0 Å². The average molecular weight is 482 g/mol. The van der Waals surface area contributed by atoms with E-state index in [9.17, 15) is 26.7 Å². The first-order valence-electron chi connectivity index (χ1n) is 9.85. The molecular weight excluding hydrogens is 461 g/mol. The number of aromatic nitrogens is 1. The molecule has 0 aliphatic heterocycles. The van der Waals surface area contributed by atoms with Gasteiger partial charge in [0, 0.05) is 29.7 Å². The Morgan fingerprint density at radius 3 is 2.44 bits per heavy atom. The van der Waals surface area contributed by atoms with Crippen molar-refractivity contribution in [1.82, 2.24) is 15.6 Å². The van der Waals surface area contributed by atoms with E-state index in [0.29, 0.717) is 36.6 Å². The molecule has 3 rings (SSSR count). The molecule has 1 amide bonds. The second-order valence-corrected chi connectivity index (χ2v) is 7.95. The molecule has 1 saturated carbocycles. The van der Waals surface area contributed by atoms with Crippen LogP contribution >= 0.6 is 11.6 Å². The van der Waals surface area contributed by atoms with Crippen molar-refractivity contribution in [2.75, 3.05) is 6.61 Å². The molecule has 1 unspecified atom stereocenters. The van der Waals surface area contributed by atoms with Crippen molar-refractivity contribution in [1.29, 1.82) is 0 Å². The zero-order chi connectivity index (χ0) is 23.5. The fraction of sp³-hybridized carbons (Fsp3) is 0.500. The minimum Gasteiger partial charge on any atom is -0.433 e. The van der Waals surface area contributed by atoms with Crippen LogP contribution in [0.2, 0.25) is 5.02 Å². The number of rotatable bonds is 7. The first-order valence-corrected chi connectivity index (χ1v) is 10.2. The summed E-state index contributed by atoms with van der Waals surface area (Å²) in [6.45, 7) is -4.07. The minimum atomic E-state index is -4.53. The van der Waals surface area contributed by atoms with Crippen molar-refractivity contribution in [2.45, 2.75) is 56.6 Å². The summed E-state index contributed by atoms with van der Waals surface area (Å²) >= 11 is 5.94. The SMILES string of the molecule is O=C(N[C@H]1CC[C@H](NC(CO)C(F)(F)F)CC1)c1cnc2cc(OC(F)F)c(Cl)cc2c1. The summed E-state index contributed by atoms with van der Waals surface area (Å²) < 4.78 is 67.6. The number of nitrogens with zero attached hydrogens (tertiary/aromatic N) is 1. The van der Waals surface area contributed by atoms with E-state index in [4.69, 9.17) is 16.7 Å². The lowest BCUT2D eigenvalue weighted by Gasteiger charge is -2.32. The van der Waals surface area contributed by atoms with E-state index >= 15 is 0 Å². The van der Waals surface area contributed by atoms with Crippen molar-refractivity contribution in [2.24, 2.45) is 0 Å². The molecule has 2 aromatic rings. The monoisotopic (exact) mass is 481 g/mol. The Labute approximate surface area is 185 Å². The molecule has 1 atom stereocenters. The van der Waals surface area contributed by atoms with E-state index in [0.717, 1.165) is 0 Å². The van der Waals surface area contributed by atoms with Gasteiger partial charge in [-0.1, -0.05) is 11.6 Å². The third-order valence-electron chi connectivity index (χ3n) is 5.29. The first kappa shape index (κ1) is 24.4. The zero-order valence-electron chi connectivity index (χ0n) is 16.6. The van der Waals surface area contributed by atoms with Crippen molar-refractivity contribution in [3.05, 3.63) is 35.0 Å². The molecule has 3 N–H and O–H groups in total. The highest BCUT2D eigenvalue weighted by molar-refractivity contribution is 6.32. The molecule has 176 valence electrons. The Morgan fingerprint density at radius 2 is 1.84 bits per heavy atom. The summed E-state index contributed by atoms with van der Waals surface area (Å²) in [6, 6.07) is 1.53. The average Bonchev–Trinajstić information content (AvgIpc) is 2.72. The topological polar surface area (TPSA) is 83.5 Å². The number of aliphatic hydroxyl groups is 1. The molecule has 0 saturated heterocycles. The van der Waals surface area contributed by atoms with E-state index in [1.807, 2.05) is 0 Å². The van der Waals surface area contributed by atoms with Gasteiger partial charge in [-0.15, -0.1) is 0 Å². The number of amides is 1. The third-order valence-corrected chi connectivity index (χ3v) is 5.59. The van der Waals surface area contributed by atoms with Gasteiger partial charge in [0.05, 0.1) is 22.7 Å². The number of carbonyl (C=O) groups is 1. The van der Waals surface area contributed by atoms with Gasteiger partial charge < -0.3 is 20.5 Å². The predicted octanol–water partition coefficient (Wildman–Crippen LogP) is 4.04. The highest BCUT2D eigenvalue weighted by Crippen LogP contribution is 2.31. The normalized spacial score (nSPS) is 20.4. The molecule has 0 bridgehead atoms. The van der Waals surface area contributed by atoms with Crippen LogP contribution in [0.1, 0.15) is 36.0 Å². The molecule has 1 aliphatic carbocycles. The van der Waals surface area contributed by atoms with E-state index in [1.54, 1.807) is 0 Å². The first-order chi connectivity index (χ1) is 15.1. The second kappa shape index (κ2) is 10.1. The van der Waals surface area contributed by atoms with Gasteiger partial charge in [0.25, 0.3) is 5.91 Å². The van der Waals surface area contributed by atoms with Gasteiger partial charge in [-0.3, -0.25) is 9.78 Å². The van der Waals surface area contributed by atoms with Gasteiger partial charge in [-0.2, -0.15) is 22.0 Å². The lowest BCUT2D eigenvalue weighted by Crippen LogP contribution is -2.51. The van der Waals surface area contributed by atoms with Crippen molar-refractivity contribution < 1.29 is 36.6 Å². The van der Waals surface area contributed by atoms with Gasteiger partial charge in [0.15, 0.2) is 0 Å². The summed E-state index contributed by atoms with van der Waals surface area (Å²) in [5.41, 5.74) is 0.546. The lowest BCUT2D eigenvalue weighted by molar-refractivity contribution is -0.166. The number of aliphatic hydroxyl groups excluding tert-OH is 1. The summed E-state index contributed by atoms with van der Waals surface area (Å²) in [5.74, 6) is -0.637. The fourth-order valence-corrected chi connectivity index (χ4v) is 3.86. The van der Waals surface area contributed by atoms with Gasteiger partial charge in [0.1, 0.15) is 11.8 Å². The van der Waals surface area contributed by atoms with Gasteiger partial charge in [-0.05, 0) is 37.8 Å². The van der Waals surface area contributed by atoms with Crippen LogP contribution in [-0.4, -0.2) is 53.5 Å².